The number of aryl methyl sites for hydroxylation is 1. The lowest BCUT2D eigenvalue weighted by molar-refractivity contribution is -0.131. The highest BCUT2D eigenvalue weighted by Gasteiger charge is 2.29. The minimum absolute atomic E-state index is 0.0528. The summed E-state index contributed by atoms with van der Waals surface area (Å²) in [5.74, 6) is 0.868. The van der Waals surface area contributed by atoms with Gasteiger partial charge in [-0.2, -0.15) is 0 Å². The molecule has 0 spiro atoms. The average molecular weight is 399 g/mol. The van der Waals surface area contributed by atoms with E-state index >= 15 is 0 Å². The fraction of sp³-hybridized carbons (Fsp3) is 0.524. The van der Waals surface area contributed by atoms with Gasteiger partial charge in [0.1, 0.15) is 17.5 Å². The van der Waals surface area contributed by atoms with E-state index in [9.17, 15) is 14.0 Å². The van der Waals surface area contributed by atoms with Gasteiger partial charge in [-0.25, -0.2) is 4.39 Å². The fourth-order valence-corrected chi connectivity index (χ4v) is 4.23. The first kappa shape index (κ1) is 19.5. The zero-order valence-corrected chi connectivity index (χ0v) is 16.4. The Kier molecular flexibility index (Phi) is 5.87. The van der Waals surface area contributed by atoms with E-state index in [0.29, 0.717) is 13.1 Å². The highest BCUT2D eigenvalue weighted by atomic mass is 19.1. The van der Waals surface area contributed by atoms with E-state index in [0.717, 1.165) is 50.3 Å². The van der Waals surface area contributed by atoms with Crippen molar-refractivity contribution in [1.29, 1.82) is 0 Å². The molecule has 154 valence electrons. The van der Waals surface area contributed by atoms with Gasteiger partial charge in [-0.1, -0.05) is 18.6 Å². The van der Waals surface area contributed by atoms with Crippen LogP contribution in [0.1, 0.15) is 60.0 Å². The van der Waals surface area contributed by atoms with Crippen molar-refractivity contribution in [2.45, 2.75) is 51.0 Å². The Morgan fingerprint density at radius 1 is 1.10 bits per heavy atom. The maximum atomic E-state index is 13.7. The minimum Gasteiger partial charge on any atom is -0.343 e. The number of nitrogens with zero attached hydrogens (tertiary/aromatic N) is 4. The second kappa shape index (κ2) is 8.71. The van der Waals surface area contributed by atoms with Crippen LogP contribution in [0.15, 0.2) is 24.3 Å². The third-order valence-electron chi connectivity index (χ3n) is 5.80. The molecule has 4 rings (SSSR count). The Morgan fingerprint density at radius 2 is 1.97 bits per heavy atom. The van der Waals surface area contributed by atoms with Crippen molar-refractivity contribution < 1.29 is 14.0 Å². The van der Waals surface area contributed by atoms with Gasteiger partial charge in [0.05, 0.1) is 12.1 Å². The molecule has 2 aliphatic rings. The maximum Gasteiger partial charge on any atom is 0.254 e. The van der Waals surface area contributed by atoms with E-state index < -0.39 is 11.7 Å². The second-order valence-electron chi connectivity index (χ2n) is 7.78. The molecule has 2 aromatic rings. The topological polar surface area (TPSA) is 80.1 Å². The number of nitrogens with one attached hydrogen (secondary N) is 1. The molecule has 8 heteroatoms. The van der Waals surface area contributed by atoms with Gasteiger partial charge in [0.15, 0.2) is 0 Å². The number of fused-ring (bicyclic) bond motifs is 1. The first-order chi connectivity index (χ1) is 14.1. The molecule has 1 fully saturated rings. The number of hydrogen-bond donors (Lipinski definition) is 1. The lowest BCUT2D eigenvalue weighted by Gasteiger charge is -2.32. The fourth-order valence-electron chi connectivity index (χ4n) is 4.23. The molecule has 0 aliphatic carbocycles. The summed E-state index contributed by atoms with van der Waals surface area (Å²) in [5, 5.41) is 11.4. The number of hydrogen-bond acceptors (Lipinski definition) is 4. The molecular formula is C21H26FN5O2. The van der Waals surface area contributed by atoms with Crippen LogP contribution in [-0.2, 0) is 17.8 Å². The molecule has 29 heavy (non-hydrogen) atoms. The lowest BCUT2D eigenvalue weighted by Crippen LogP contribution is -2.45. The normalized spacial score (nSPS) is 19.3. The summed E-state index contributed by atoms with van der Waals surface area (Å²) in [7, 11) is 0. The van der Waals surface area contributed by atoms with Crippen LogP contribution in [0.2, 0.25) is 0 Å². The Balaban J connectivity index is 1.37. The monoisotopic (exact) mass is 399 g/mol. The van der Waals surface area contributed by atoms with Crippen molar-refractivity contribution in [2.24, 2.45) is 0 Å². The van der Waals surface area contributed by atoms with Crippen LogP contribution < -0.4 is 5.32 Å². The molecule has 0 bridgehead atoms. The molecular weight excluding hydrogens is 373 g/mol. The number of carbonyl (C=O) groups is 2. The second-order valence-corrected chi connectivity index (χ2v) is 7.78. The van der Waals surface area contributed by atoms with Crippen molar-refractivity contribution in [3.8, 4) is 0 Å². The summed E-state index contributed by atoms with van der Waals surface area (Å²) in [4.78, 5) is 26.6. The number of rotatable bonds is 4. The van der Waals surface area contributed by atoms with Crippen LogP contribution in [-0.4, -0.2) is 51.1 Å². The van der Waals surface area contributed by atoms with E-state index in [1.807, 2.05) is 0 Å². The van der Waals surface area contributed by atoms with Gasteiger partial charge in [-0.15, -0.1) is 10.2 Å². The minimum atomic E-state index is -0.594. The van der Waals surface area contributed by atoms with Crippen LogP contribution in [0, 0.1) is 5.82 Å². The van der Waals surface area contributed by atoms with Gasteiger partial charge >= 0.3 is 0 Å². The van der Waals surface area contributed by atoms with Crippen molar-refractivity contribution in [3.05, 3.63) is 47.3 Å². The van der Waals surface area contributed by atoms with Crippen molar-refractivity contribution >= 4 is 11.8 Å². The summed E-state index contributed by atoms with van der Waals surface area (Å²) < 4.78 is 16.0. The van der Waals surface area contributed by atoms with Crippen LogP contribution in [0.25, 0.3) is 0 Å². The summed E-state index contributed by atoms with van der Waals surface area (Å²) in [6.45, 7) is 2.04. The number of amides is 2. The Hall–Kier alpha value is -2.77. The van der Waals surface area contributed by atoms with Gasteiger partial charge in [0.2, 0.25) is 5.91 Å². The van der Waals surface area contributed by atoms with Crippen LogP contribution >= 0.6 is 0 Å². The quantitative estimate of drug-likeness (QED) is 0.855. The number of carbonyl (C=O) groups excluding carboxylic acids is 2. The molecule has 2 aliphatic heterocycles. The number of halogens is 1. The predicted molar refractivity (Wildman–Crippen MR) is 105 cm³/mol. The third-order valence-corrected chi connectivity index (χ3v) is 5.80. The number of likely N-dealkylation sites (tertiary alicyclic amines) is 1. The van der Waals surface area contributed by atoms with Crippen LogP contribution in [0.3, 0.4) is 0 Å². The van der Waals surface area contributed by atoms with E-state index in [1.54, 1.807) is 11.0 Å². The molecule has 0 unspecified atom stereocenters. The van der Waals surface area contributed by atoms with Gasteiger partial charge < -0.3 is 14.8 Å². The Morgan fingerprint density at radius 3 is 2.83 bits per heavy atom. The molecule has 0 radical (unpaired) electrons. The van der Waals surface area contributed by atoms with E-state index in [2.05, 4.69) is 20.1 Å². The highest BCUT2D eigenvalue weighted by molar-refractivity contribution is 5.96. The number of aromatic nitrogens is 3. The molecule has 7 nitrogen and oxygen atoms in total. The van der Waals surface area contributed by atoms with Gasteiger partial charge in [-0.05, 0) is 37.8 Å². The van der Waals surface area contributed by atoms with Crippen molar-refractivity contribution in [2.75, 3.05) is 19.6 Å². The largest absolute Gasteiger partial charge is 0.343 e. The molecule has 3 heterocycles. The van der Waals surface area contributed by atoms with E-state index in [4.69, 9.17) is 0 Å². The Bertz CT molecular complexity index is 897. The summed E-state index contributed by atoms with van der Waals surface area (Å²) in [5.41, 5.74) is -0.0528. The first-order valence-corrected chi connectivity index (χ1v) is 10.4. The smallest absolute Gasteiger partial charge is 0.254 e. The van der Waals surface area contributed by atoms with E-state index in [1.165, 1.54) is 24.6 Å². The van der Waals surface area contributed by atoms with Gasteiger partial charge in [0, 0.05) is 32.0 Å². The van der Waals surface area contributed by atoms with Gasteiger partial charge in [0.25, 0.3) is 5.91 Å². The SMILES string of the molecule is O=C(NCC(=O)N1CCC[C@H](c2nnc3n2CCCCC3)C1)c1ccccc1F. The standard InChI is InChI=1S/C21H26FN5O2/c22-17-9-4-3-8-16(17)21(29)23-13-19(28)26-11-6-7-15(14-26)20-25-24-18-10-2-1-5-12-27(18)20/h3-4,8-9,15H,1-2,5-7,10-14H2,(H,23,29)/t15-/m0/s1. The predicted octanol–water partition coefficient (Wildman–Crippen LogP) is 2.28. The van der Waals surface area contributed by atoms with Gasteiger partial charge in [-0.3, -0.25) is 9.59 Å². The number of benzene rings is 1. The maximum absolute atomic E-state index is 13.7. The molecule has 1 aromatic carbocycles. The van der Waals surface area contributed by atoms with Crippen molar-refractivity contribution in [1.82, 2.24) is 25.0 Å². The summed E-state index contributed by atoms with van der Waals surface area (Å²) in [6.07, 6.45) is 6.32. The van der Waals surface area contributed by atoms with Crippen molar-refractivity contribution in [3.63, 3.8) is 0 Å². The molecule has 1 N–H and O–H groups in total. The molecule has 0 saturated carbocycles. The summed E-state index contributed by atoms with van der Waals surface area (Å²) >= 11 is 0. The highest BCUT2D eigenvalue weighted by Crippen LogP contribution is 2.28. The first-order valence-electron chi connectivity index (χ1n) is 10.4. The van der Waals surface area contributed by atoms with E-state index in [-0.39, 0.29) is 23.9 Å². The zero-order valence-electron chi connectivity index (χ0n) is 16.4. The van der Waals surface area contributed by atoms with Crippen LogP contribution in [0.4, 0.5) is 4.39 Å². The molecule has 1 saturated heterocycles. The molecule has 1 aromatic heterocycles. The third kappa shape index (κ3) is 4.31. The lowest BCUT2D eigenvalue weighted by atomic mass is 9.97. The molecule has 2 amide bonds. The molecule has 1 atom stereocenters. The van der Waals surface area contributed by atoms with Crippen LogP contribution in [0.5, 0.6) is 0 Å². The summed E-state index contributed by atoms with van der Waals surface area (Å²) in [6, 6.07) is 5.75. The number of piperidine rings is 1. The Labute approximate surface area is 169 Å². The zero-order chi connectivity index (χ0) is 20.2. The average Bonchev–Trinajstić information content (AvgIpc) is 3.00.